The molecule has 0 unspecified atom stereocenters. The number of hydrogen-bond acceptors (Lipinski definition) is 7. The summed E-state index contributed by atoms with van der Waals surface area (Å²) in [6.45, 7) is 3.15. The maximum absolute atomic E-state index is 12.6. The zero-order chi connectivity index (χ0) is 19.1. The predicted molar refractivity (Wildman–Crippen MR) is 95.4 cm³/mol. The number of amides is 1. The first-order chi connectivity index (χ1) is 12.5. The second kappa shape index (κ2) is 9.23. The number of methoxy groups -OCH3 is 3. The van der Waals surface area contributed by atoms with Gasteiger partial charge in [-0.2, -0.15) is 0 Å². The molecule has 0 aliphatic carbocycles. The Morgan fingerprint density at radius 1 is 1.15 bits per heavy atom. The van der Waals surface area contributed by atoms with Crippen LogP contribution in [0.4, 0.5) is 5.69 Å². The Morgan fingerprint density at radius 3 is 2.35 bits per heavy atom. The van der Waals surface area contributed by atoms with Gasteiger partial charge in [0.05, 0.1) is 26.3 Å². The molecule has 1 amide bonds. The van der Waals surface area contributed by atoms with Crippen LogP contribution < -0.4 is 19.5 Å². The molecule has 0 spiro atoms. The van der Waals surface area contributed by atoms with Gasteiger partial charge in [-0.15, -0.1) is 0 Å². The fourth-order valence-electron chi connectivity index (χ4n) is 3.10. The van der Waals surface area contributed by atoms with Crippen molar-refractivity contribution >= 4 is 11.6 Å². The fourth-order valence-corrected chi connectivity index (χ4v) is 3.10. The van der Waals surface area contributed by atoms with E-state index in [2.05, 4.69) is 10.2 Å². The summed E-state index contributed by atoms with van der Waals surface area (Å²) in [7, 11) is 4.02. The molecule has 0 saturated carbocycles. The molecule has 0 radical (unpaired) electrons. The first-order valence-electron chi connectivity index (χ1n) is 8.51. The number of ether oxygens (including phenoxy) is 3. The number of nitrogens with one attached hydrogen (secondary N) is 1. The third-order valence-electron chi connectivity index (χ3n) is 4.39. The van der Waals surface area contributed by atoms with E-state index in [0.29, 0.717) is 13.1 Å². The molecule has 0 atom stereocenters. The SMILES string of the molecule is COc1cc(C(=O)NCCN2CCCCC2)c([N+](=O)[O-])c(OC)c1OC. The molecule has 1 N–H and O–H groups in total. The summed E-state index contributed by atoms with van der Waals surface area (Å²) >= 11 is 0. The zero-order valence-electron chi connectivity index (χ0n) is 15.4. The highest BCUT2D eigenvalue weighted by Crippen LogP contribution is 2.46. The van der Waals surface area contributed by atoms with Gasteiger partial charge in [0.15, 0.2) is 5.75 Å². The quantitative estimate of drug-likeness (QED) is 0.552. The fraction of sp³-hybridized carbons (Fsp3) is 0.588. The summed E-state index contributed by atoms with van der Waals surface area (Å²) in [5.41, 5.74) is -0.566. The highest BCUT2D eigenvalue weighted by atomic mass is 16.6. The number of nitro benzene ring substituents is 1. The Morgan fingerprint density at radius 2 is 1.81 bits per heavy atom. The van der Waals surface area contributed by atoms with Gasteiger partial charge in [-0.25, -0.2) is 0 Å². The first kappa shape index (κ1) is 19.8. The number of carbonyl (C=O) groups is 1. The van der Waals surface area contributed by atoms with Crippen LogP contribution in [0.15, 0.2) is 6.07 Å². The molecule has 26 heavy (non-hydrogen) atoms. The summed E-state index contributed by atoms with van der Waals surface area (Å²) in [4.78, 5) is 25.7. The van der Waals surface area contributed by atoms with E-state index in [1.54, 1.807) is 0 Å². The van der Waals surface area contributed by atoms with Crippen LogP contribution in [0.1, 0.15) is 29.6 Å². The molecule has 1 aliphatic heterocycles. The van der Waals surface area contributed by atoms with Crippen molar-refractivity contribution in [3.8, 4) is 17.2 Å². The van der Waals surface area contributed by atoms with Gasteiger partial charge in [-0.05, 0) is 25.9 Å². The van der Waals surface area contributed by atoms with Gasteiger partial charge in [0.25, 0.3) is 5.91 Å². The topological polar surface area (TPSA) is 103 Å². The monoisotopic (exact) mass is 367 g/mol. The Hall–Kier alpha value is -2.55. The van der Waals surface area contributed by atoms with E-state index in [1.165, 1.54) is 33.8 Å². The summed E-state index contributed by atoms with van der Waals surface area (Å²) in [6, 6.07) is 1.30. The minimum Gasteiger partial charge on any atom is -0.493 e. The molecule has 1 fully saturated rings. The lowest BCUT2D eigenvalue weighted by Crippen LogP contribution is -2.37. The molecular formula is C17H25N3O6. The van der Waals surface area contributed by atoms with Crippen molar-refractivity contribution in [2.75, 3.05) is 47.5 Å². The Balaban J connectivity index is 2.22. The summed E-state index contributed by atoms with van der Waals surface area (Å²) in [6.07, 6.45) is 3.55. The van der Waals surface area contributed by atoms with Crippen LogP contribution in [0.2, 0.25) is 0 Å². The number of nitro groups is 1. The van der Waals surface area contributed by atoms with Gasteiger partial charge in [-0.1, -0.05) is 6.42 Å². The first-order valence-corrected chi connectivity index (χ1v) is 8.51. The molecule has 9 nitrogen and oxygen atoms in total. The molecule has 1 aromatic rings. The molecule has 1 aliphatic rings. The molecule has 9 heteroatoms. The van der Waals surface area contributed by atoms with E-state index < -0.39 is 16.5 Å². The van der Waals surface area contributed by atoms with Gasteiger partial charge in [0, 0.05) is 19.2 Å². The van der Waals surface area contributed by atoms with Gasteiger partial charge in [0.1, 0.15) is 5.56 Å². The molecule has 0 aromatic heterocycles. The van der Waals surface area contributed by atoms with Crippen molar-refractivity contribution in [3.63, 3.8) is 0 Å². The van der Waals surface area contributed by atoms with Gasteiger partial charge in [0.2, 0.25) is 11.5 Å². The molecule has 1 saturated heterocycles. The minimum absolute atomic E-state index is 0.0755. The van der Waals surface area contributed by atoms with Gasteiger partial charge < -0.3 is 24.4 Å². The van der Waals surface area contributed by atoms with E-state index in [0.717, 1.165) is 25.9 Å². The highest BCUT2D eigenvalue weighted by Gasteiger charge is 2.32. The Labute approximate surface area is 152 Å². The summed E-state index contributed by atoms with van der Waals surface area (Å²) < 4.78 is 15.5. The van der Waals surface area contributed by atoms with E-state index in [4.69, 9.17) is 14.2 Å². The van der Waals surface area contributed by atoms with Crippen molar-refractivity contribution in [1.82, 2.24) is 10.2 Å². The molecule has 0 bridgehead atoms. The molecular weight excluding hydrogens is 342 g/mol. The number of likely N-dealkylation sites (tertiary alicyclic amines) is 1. The van der Waals surface area contributed by atoms with Crippen LogP contribution in [-0.4, -0.2) is 63.2 Å². The van der Waals surface area contributed by atoms with Crippen LogP contribution in [0, 0.1) is 10.1 Å². The number of carbonyl (C=O) groups excluding carboxylic acids is 1. The largest absolute Gasteiger partial charge is 0.493 e. The number of hydrogen-bond donors (Lipinski definition) is 1. The number of benzene rings is 1. The molecule has 1 heterocycles. The maximum Gasteiger partial charge on any atom is 0.327 e. The average molecular weight is 367 g/mol. The third-order valence-corrected chi connectivity index (χ3v) is 4.39. The Bertz CT molecular complexity index is 658. The van der Waals surface area contributed by atoms with Crippen LogP contribution in [-0.2, 0) is 0 Å². The van der Waals surface area contributed by atoms with Gasteiger partial charge >= 0.3 is 5.69 Å². The maximum atomic E-state index is 12.6. The molecule has 2 rings (SSSR count). The Kier molecular flexibility index (Phi) is 7.02. The van der Waals surface area contributed by atoms with Gasteiger partial charge in [-0.3, -0.25) is 14.9 Å². The number of nitrogens with zero attached hydrogens (tertiary/aromatic N) is 2. The van der Waals surface area contributed by atoms with E-state index in [-0.39, 0.29) is 22.8 Å². The van der Waals surface area contributed by atoms with Crippen LogP contribution >= 0.6 is 0 Å². The second-order valence-electron chi connectivity index (χ2n) is 5.96. The van der Waals surface area contributed by atoms with E-state index in [9.17, 15) is 14.9 Å². The predicted octanol–water partition coefficient (Wildman–Crippen LogP) is 1.84. The lowest BCUT2D eigenvalue weighted by Gasteiger charge is -2.26. The normalized spacial score (nSPS) is 14.6. The van der Waals surface area contributed by atoms with Crippen LogP contribution in [0.25, 0.3) is 0 Å². The van der Waals surface area contributed by atoms with Crippen molar-refractivity contribution in [3.05, 3.63) is 21.7 Å². The van der Waals surface area contributed by atoms with Crippen LogP contribution in [0.3, 0.4) is 0 Å². The smallest absolute Gasteiger partial charge is 0.327 e. The van der Waals surface area contributed by atoms with Crippen molar-refractivity contribution in [2.24, 2.45) is 0 Å². The minimum atomic E-state index is -0.652. The lowest BCUT2D eigenvalue weighted by atomic mass is 10.1. The number of rotatable bonds is 8. The molecule has 1 aromatic carbocycles. The average Bonchev–Trinajstić information content (AvgIpc) is 2.66. The highest BCUT2D eigenvalue weighted by molar-refractivity contribution is 6.00. The lowest BCUT2D eigenvalue weighted by molar-refractivity contribution is -0.386. The number of piperidine rings is 1. The van der Waals surface area contributed by atoms with Crippen molar-refractivity contribution in [1.29, 1.82) is 0 Å². The summed E-state index contributed by atoms with van der Waals surface area (Å²) in [5, 5.41) is 14.3. The standard InChI is InChI=1S/C17H25N3O6/c1-24-13-11-12(14(20(22)23)16(26-3)15(13)25-2)17(21)18-7-10-19-8-5-4-6-9-19/h11H,4-10H2,1-3H3,(H,18,21). The second-order valence-corrected chi connectivity index (χ2v) is 5.96. The van der Waals surface area contributed by atoms with E-state index in [1.807, 2.05) is 0 Å². The van der Waals surface area contributed by atoms with Crippen molar-refractivity contribution < 1.29 is 23.9 Å². The summed E-state index contributed by atoms with van der Waals surface area (Å²) in [5.74, 6) is -0.423. The molecule has 144 valence electrons. The third kappa shape index (κ3) is 4.34. The van der Waals surface area contributed by atoms with E-state index >= 15 is 0 Å². The van der Waals surface area contributed by atoms with Crippen molar-refractivity contribution in [2.45, 2.75) is 19.3 Å². The zero-order valence-corrected chi connectivity index (χ0v) is 15.4. The van der Waals surface area contributed by atoms with Crippen LogP contribution in [0.5, 0.6) is 17.2 Å².